The minimum atomic E-state index is -1.12. The molecule has 3 N–H and O–H groups in total. The number of alkyl carbamates (subject to hydrolysis) is 2. The van der Waals surface area contributed by atoms with Crippen molar-refractivity contribution in [3.63, 3.8) is 0 Å². The van der Waals surface area contributed by atoms with E-state index in [-0.39, 0.29) is 32.1 Å². The van der Waals surface area contributed by atoms with Gasteiger partial charge in [-0.25, -0.2) is 9.59 Å². The summed E-state index contributed by atoms with van der Waals surface area (Å²) in [4.78, 5) is 35.7. The van der Waals surface area contributed by atoms with Gasteiger partial charge < -0.3 is 25.2 Å². The maximum Gasteiger partial charge on any atom is 0.407 e. The van der Waals surface area contributed by atoms with Crippen LogP contribution in [-0.4, -0.2) is 42.5 Å². The molecule has 0 radical (unpaired) electrons. The quantitative estimate of drug-likeness (QED) is 0.426. The lowest BCUT2D eigenvalue weighted by Gasteiger charge is -2.18. The third-order valence-corrected chi connectivity index (χ3v) is 5.79. The third kappa shape index (κ3) is 6.17. The first-order chi connectivity index (χ1) is 17.0. The maximum absolute atomic E-state index is 12.4. The number of benzene rings is 3. The molecule has 0 saturated heterocycles. The van der Waals surface area contributed by atoms with E-state index >= 15 is 0 Å². The normalized spacial score (nSPS) is 12.7. The first kappa shape index (κ1) is 23.8. The van der Waals surface area contributed by atoms with Gasteiger partial charge in [-0.1, -0.05) is 78.9 Å². The highest BCUT2D eigenvalue weighted by Crippen LogP contribution is 2.44. The Kier molecular flexibility index (Phi) is 7.62. The largest absolute Gasteiger partial charge is 0.481 e. The highest BCUT2D eigenvalue weighted by molar-refractivity contribution is 5.79. The predicted molar refractivity (Wildman–Crippen MR) is 129 cm³/mol. The van der Waals surface area contributed by atoms with E-state index in [1.807, 2.05) is 66.7 Å². The minimum absolute atomic E-state index is 0.0479. The number of amides is 2. The molecule has 0 spiro atoms. The molecule has 4 rings (SSSR count). The average Bonchev–Trinajstić information content (AvgIpc) is 3.19. The van der Waals surface area contributed by atoms with Crippen LogP contribution in [0.2, 0.25) is 0 Å². The fourth-order valence-corrected chi connectivity index (χ4v) is 4.17. The van der Waals surface area contributed by atoms with Gasteiger partial charge in [-0.15, -0.1) is 0 Å². The number of hydrogen-bond donors (Lipinski definition) is 3. The van der Waals surface area contributed by atoms with Crippen molar-refractivity contribution in [3.8, 4) is 11.1 Å². The highest BCUT2D eigenvalue weighted by Gasteiger charge is 2.29. The van der Waals surface area contributed by atoms with Crippen molar-refractivity contribution < 1.29 is 29.0 Å². The van der Waals surface area contributed by atoms with Crippen LogP contribution in [0.5, 0.6) is 0 Å². The number of carboxylic acids is 1. The SMILES string of the molecule is O=C(O)CC(CNC(=O)OCC1c2ccccc2-c2ccccc21)NC(=O)OCc1ccccc1. The zero-order valence-electron chi connectivity index (χ0n) is 19.0. The van der Waals surface area contributed by atoms with Crippen LogP contribution in [0.25, 0.3) is 11.1 Å². The molecule has 1 aliphatic carbocycles. The summed E-state index contributed by atoms with van der Waals surface area (Å²) in [7, 11) is 0. The molecule has 8 nitrogen and oxygen atoms in total. The fourth-order valence-electron chi connectivity index (χ4n) is 4.17. The van der Waals surface area contributed by atoms with Gasteiger partial charge in [0, 0.05) is 12.5 Å². The topological polar surface area (TPSA) is 114 Å². The van der Waals surface area contributed by atoms with Crippen molar-refractivity contribution in [2.75, 3.05) is 13.2 Å². The Hall–Kier alpha value is -4.33. The number of rotatable bonds is 9. The van der Waals surface area contributed by atoms with E-state index in [4.69, 9.17) is 14.6 Å². The molecule has 2 amide bonds. The Balaban J connectivity index is 1.29. The number of carbonyl (C=O) groups is 3. The zero-order chi connectivity index (χ0) is 24.6. The molecule has 8 heteroatoms. The molecule has 0 fully saturated rings. The van der Waals surface area contributed by atoms with Gasteiger partial charge in [0.05, 0.1) is 12.5 Å². The summed E-state index contributed by atoms with van der Waals surface area (Å²) in [6.45, 7) is 0.0612. The lowest BCUT2D eigenvalue weighted by molar-refractivity contribution is -0.137. The molecule has 0 heterocycles. The molecular formula is C27H26N2O6. The summed E-state index contributed by atoms with van der Waals surface area (Å²) in [6, 6.07) is 24.3. The van der Waals surface area contributed by atoms with Gasteiger partial charge in [0.25, 0.3) is 0 Å². The predicted octanol–water partition coefficient (Wildman–Crippen LogP) is 4.29. The molecule has 180 valence electrons. The maximum atomic E-state index is 12.4. The molecule has 1 aliphatic rings. The van der Waals surface area contributed by atoms with Gasteiger partial charge in [-0.05, 0) is 27.8 Å². The molecule has 3 aromatic rings. The van der Waals surface area contributed by atoms with Crippen LogP contribution in [0.15, 0.2) is 78.9 Å². The monoisotopic (exact) mass is 474 g/mol. The van der Waals surface area contributed by atoms with Gasteiger partial charge in [-0.2, -0.15) is 0 Å². The second-order valence-electron chi connectivity index (χ2n) is 8.21. The standard InChI is InChI=1S/C27H26N2O6/c30-25(31)14-19(29-27(33)34-16-18-8-2-1-3-9-18)15-28-26(32)35-17-24-22-12-6-4-10-20(22)21-11-5-7-13-23(21)24/h1-13,19,24H,14-17H2,(H,28,32)(H,29,33)(H,30,31). The van der Waals surface area contributed by atoms with E-state index in [1.165, 1.54) is 0 Å². The van der Waals surface area contributed by atoms with Crippen molar-refractivity contribution in [2.45, 2.75) is 25.0 Å². The Morgan fingerprint density at radius 1 is 0.800 bits per heavy atom. The minimum Gasteiger partial charge on any atom is -0.481 e. The summed E-state index contributed by atoms with van der Waals surface area (Å²) >= 11 is 0. The Morgan fingerprint density at radius 2 is 1.40 bits per heavy atom. The van der Waals surface area contributed by atoms with Crippen LogP contribution in [0.1, 0.15) is 29.0 Å². The number of aliphatic carboxylic acids is 1. The molecule has 35 heavy (non-hydrogen) atoms. The summed E-state index contributed by atoms with van der Waals surface area (Å²) in [5.74, 6) is -1.21. The Labute approximate surface area is 202 Å². The van der Waals surface area contributed by atoms with Crippen molar-refractivity contribution in [1.29, 1.82) is 0 Å². The molecular weight excluding hydrogens is 448 g/mol. The number of nitrogens with one attached hydrogen (secondary N) is 2. The van der Waals surface area contributed by atoms with Crippen LogP contribution in [-0.2, 0) is 20.9 Å². The molecule has 0 bridgehead atoms. The lowest BCUT2D eigenvalue weighted by Crippen LogP contribution is -2.45. The average molecular weight is 475 g/mol. The molecule has 0 saturated carbocycles. The van der Waals surface area contributed by atoms with Gasteiger partial charge in [-0.3, -0.25) is 4.79 Å². The van der Waals surface area contributed by atoms with Gasteiger partial charge in [0.1, 0.15) is 13.2 Å². The summed E-state index contributed by atoms with van der Waals surface area (Å²) in [5.41, 5.74) is 5.23. The number of carboxylic acid groups (broad SMARTS) is 1. The van der Waals surface area contributed by atoms with Gasteiger partial charge >= 0.3 is 18.2 Å². The molecule has 1 unspecified atom stereocenters. The number of fused-ring (bicyclic) bond motifs is 3. The van der Waals surface area contributed by atoms with E-state index < -0.39 is 24.2 Å². The van der Waals surface area contributed by atoms with Crippen molar-refractivity contribution in [1.82, 2.24) is 10.6 Å². The second-order valence-corrected chi connectivity index (χ2v) is 8.21. The van der Waals surface area contributed by atoms with E-state index in [0.29, 0.717) is 0 Å². The summed E-state index contributed by atoms with van der Waals surface area (Å²) < 4.78 is 10.6. The molecule has 1 atom stereocenters. The van der Waals surface area contributed by atoms with Crippen LogP contribution in [0.4, 0.5) is 9.59 Å². The molecule has 3 aromatic carbocycles. The summed E-state index contributed by atoms with van der Waals surface area (Å²) in [6.07, 6.45) is -1.85. The number of carbonyl (C=O) groups excluding carboxylic acids is 2. The fraction of sp³-hybridized carbons (Fsp3) is 0.222. The second kappa shape index (κ2) is 11.2. The number of hydrogen-bond acceptors (Lipinski definition) is 5. The van der Waals surface area contributed by atoms with Gasteiger partial charge in [0.2, 0.25) is 0 Å². The van der Waals surface area contributed by atoms with E-state index in [9.17, 15) is 14.4 Å². The van der Waals surface area contributed by atoms with Crippen molar-refractivity contribution >= 4 is 18.2 Å². The first-order valence-corrected chi connectivity index (χ1v) is 11.3. The van der Waals surface area contributed by atoms with Crippen LogP contribution >= 0.6 is 0 Å². The van der Waals surface area contributed by atoms with E-state index in [2.05, 4.69) is 10.6 Å². The Bertz CT molecular complexity index is 1150. The van der Waals surface area contributed by atoms with Crippen LogP contribution in [0.3, 0.4) is 0 Å². The molecule has 0 aromatic heterocycles. The molecule has 0 aliphatic heterocycles. The summed E-state index contributed by atoms with van der Waals surface area (Å²) in [5, 5.41) is 14.2. The van der Waals surface area contributed by atoms with Crippen molar-refractivity contribution in [3.05, 3.63) is 95.6 Å². The number of ether oxygens (including phenoxy) is 2. The zero-order valence-corrected chi connectivity index (χ0v) is 19.0. The van der Waals surface area contributed by atoms with E-state index in [1.54, 1.807) is 12.1 Å². The smallest absolute Gasteiger partial charge is 0.407 e. The first-order valence-electron chi connectivity index (χ1n) is 11.3. The van der Waals surface area contributed by atoms with Crippen molar-refractivity contribution in [2.24, 2.45) is 0 Å². The van der Waals surface area contributed by atoms with Crippen LogP contribution in [0, 0.1) is 0 Å². The van der Waals surface area contributed by atoms with E-state index in [0.717, 1.165) is 27.8 Å². The van der Waals surface area contributed by atoms with Crippen LogP contribution < -0.4 is 10.6 Å². The highest BCUT2D eigenvalue weighted by atomic mass is 16.6. The third-order valence-electron chi connectivity index (χ3n) is 5.79. The lowest BCUT2D eigenvalue weighted by atomic mass is 9.98. The Morgan fingerprint density at radius 3 is 2.03 bits per heavy atom. The van der Waals surface area contributed by atoms with Gasteiger partial charge in [0.15, 0.2) is 0 Å².